The second-order valence-electron chi connectivity index (χ2n) is 10.8. The van der Waals surface area contributed by atoms with Crippen LogP contribution < -0.4 is 9.64 Å². The second kappa shape index (κ2) is 10.1. The minimum absolute atomic E-state index is 0.159. The van der Waals surface area contributed by atoms with Gasteiger partial charge in [0.2, 0.25) is 5.91 Å². The summed E-state index contributed by atoms with van der Waals surface area (Å²) in [6.45, 7) is 5.30. The minimum Gasteiger partial charge on any atom is -0.497 e. The van der Waals surface area contributed by atoms with Gasteiger partial charge in [-0.05, 0) is 56.0 Å². The van der Waals surface area contributed by atoms with E-state index < -0.39 is 59.5 Å². The van der Waals surface area contributed by atoms with Crippen LogP contribution in [0.15, 0.2) is 67.3 Å². The fourth-order valence-electron chi connectivity index (χ4n) is 6.91. The summed E-state index contributed by atoms with van der Waals surface area (Å²) in [6, 6.07) is 14.5. The van der Waals surface area contributed by atoms with Gasteiger partial charge in [-0.3, -0.25) is 14.4 Å². The summed E-state index contributed by atoms with van der Waals surface area (Å²) in [5.41, 5.74) is -0.920. The number of carbonyl (C=O) groups excluding carboxylic acids is 2. The van der Waals surface area contributed by atoms with Gasteiger partial charge in [-0.2, -0.15) is 0 Å². The number of carboxylic acids is 1. The van der Waals surface area contributed by atoms with Crippen LogP contribution in [0.25, 0.3) is 0 Å². The minimum atomic E-state index is -1.32. The maximum absolute atomic E-state index is 14.6. The number of benzene rings is 2. The highest BCUT2D eigenvalue weighted by atomic mass is 16.5. The monoisotopic (exact) mass is 534 g/mol. The lowest BCUT2D eigenvalue weighted by atomic mass is 9.66. The molecule has 0 aliphatic carbocycles. The van der Waals surface area contributed by atoms with Gasteiger partial charge in [-0.1, -0.05) is 36.4 Å². The number of methoxy groups -OCH3 is 1. The quantitative estimate of drug-likeness (QED) is 0.450. The SMILES string of the molecule is C=CCN(C(=O)C1N([C@@H](CO)Cc2ccccc2)C(=O)[C@@H]2[C@H](C(=O)O)[C@]3(C)CCC12O3)c1ccc(OC)cc1. The van der Waals surface area contributed by atoms with E-state index >= 15 is 0 Å². The molecular formula is C30H34N2O7. The molecule has 2 amide bonds. The molecule has 206 valence electrons. The number of nitrogens with zero attached hydrogens (tertiary/aromatic N) is 2. The molecule has 1 spiro atoms. The van der Waals surface area contributed by atoms with Crippen molar-refractivity contribution >= 4 is 23.5 Å². The van der Waals surface area contributed by atoms with Crippen molar-refractivity contribution in [2.24, 2.45) is 11.8 Å². The number of anilines is 1. The van der Waals surface area contributed by atoms with Crippen LogP contribution in [0.3, 0.4) is 0 Å². The van der Waals surface area contributed by atoms with E-state index in [0.717, 1.165) is 5.56 Å². The number of rotatable bonds is 10. The Hall–Kier alpha value is -3.69. The third-order valence-corrected chi connectivity index (χ3v) is 8.59. The largest absolute Gasteiger partial charge is 0.497 e. The van der Waals surface area contributed by atoms with Crippen molar-refractivity contribution in [2.45, 2.75) is 49.5 Å². The van der Waals surface area contributed by atoms with Crippen molar-refractivity contribution in [2.75, 3.05) is 25.2 Å². The lowest BCUT2D eigenvalue weighted by molar-refractivity contribution is -0.155. The normalized spacial score (nSPS) is 29.7. The molecule has 3 saturated heterocycles. The average Bonchev–Trinajstić information content (AvgIpc) is 3.51. The summed E-state index contributed by atoms with van der Waals surface area (Å²) in [4.78, 5) is 44.2. The zero-order valence-corrected chi connectivity index (χ0v) is 22.2. The summed E-state index contributed by atoms with van der Waals surface area (Å²) in [5, 5.41) is 20.7. The van der Waals surface area contributed by atoms with Crippen LogP contribution in [0.1, 0.15) is 25.3 Å². The van der Waals surface area contributed by atoms with Crippen LogP contribution >= 0.6 is 0 Å². The molecule has 5 rings (SSSR count). The molecule has 2 bridgehead atoms. The molecule has 3 aliphatic rings. The van der Waals surface area contributed by atoms with Gasteiger partial charge in [0.05, 0.1) is 37.2 Å². The first-order chi connectivity index (χ1) is 18.7. The summed E-state index contributed by atoms with van der Waals surface area (Å²) in [5.74, 6) is -3.49. The van der Waals surface area contributed by atoms with E-state index in [1.54, 1.807) is 44.4 Å². The molecule has 3 heterocycles. The van der Waals surface area contributed by atoms with Gasteiger partial charge in [-0.15, -0.1) is 6.58 Å². The highest BCUT2D eigenvalue weighted by Gasteiger charge is 2.78. The summed E-state index contributed by atoms with van der Waals surface area (Å²) >= 11 is 0. The van der Waals surface area contributed by atoms with Crippen molar-refractivity contribution < 1.29 is 34.1 Å². The maximum atomic E-state index is 14.6. The Morgan fingerprint density at radius 2 is 1.90 bits per heavy atom. The molecule has 3 fully saturated rings. The van der Waals surface area contributed by atoms with Crippen molar-refractivity contribution in [3.8, 4) is 5.75 Å². The van der Waals surface area contributed by atoms with E-state index in [1.807, 2.05) is 30.3 Å². The molecule has 3 aliphatic heterocycles. The topological polar surface area (TPSA) is 117 Å². The number of fused-ring (bicyclic) bond motifs is 1. The van der Waals surface area contributed by atoms with E-state index in [2.05, 4.69) is 6.58 Å². The number of carbonyl (C=O) groups is 3. The van der Waals surface area contributed by atoms with Gasteiger partial charge in [0.15, 0.2) is 0 Å². The zero-order valence-electron chi connectivity index (χ0n) is 22.2. The third-order valence-electron chi connectivity index (χ3n) is 8.59. The molecule has 0 radical (unpaired) electrons. The van der Waals surface area contributed by atoms with Crippen molar-refractivity contribution in [1.82, 2.24) is 4.90 Å². The van der Waals surface area contributed by atoms with Crippen LogP contribution in [0.4, 0.5) is 5.69 Å². The average molecular weight is 535 g/mol. The molecule has 9 heteroatoms. The Balaban J connectivity index is 1.62. The Bertz CT molecular complexity index is 1270. The standard InChI is InChI=1S/C30H34N2O7/c1-4-16-31(20-10-12-22(38-3)13-11-20)27(35)25-30-15-14-29(2,39-30)24(28(36)37)23(30)26(34)32(25)21(18-33)17-19-8-6-5-7-9-19/h4-13,21,23-25,33H,1,14-18H2,2-3H3,(H,36,37)/t21-,23+,24-,25?,29+,30?/m1/s1. The molecule has 2 aromatic rings. The Kier molecular flexibility index (Phi) is 6.99. The molecule has 0 saturated carbocycles. The highest BCUT2D eigenvalue weighted by Crippen LogP contribution is 2.63. The Labute approximate surface area is 227 Å². The fourth-order valence-corrected chi connectivity index (χ4v) is 6.91. The highest BCUT2D eigenvalue weighted by molar-refractivity contribution is 6.05. The molecule has 2 unspecified atom stereocenters. The van der Waals surface area contributed by atoms with Gasteiger partial charge < -0.3 is 29.5 Å². The molecular weight excluding hydrogens is 500 g/mol. The van der Waals surface area contributed by atoms with Gasteiger partial charge in [0.1, 0.15) is 17.4 Å². The van der Waals surface area contributed by atoms with Gasteiger partial charge in [0, 0.05) is 12.2 Å². The third kappa shape index (κ3) is 4.20. The lowest BCUT2D eigenvalue weighted by Crippen LogP contribution is -2.59. The summed E-state index contributed by atoms with van der Waals surface area (Å²) in [6.07, 6.45) is 2.68. The van der Waals surface area contributed by atoms with Crippen LogP contribution in [0, 0.1) is 11.8 Å². The van der Waals surface area contributed by atoms with E-state index in [4.69, 9.17) is 9.47 Å². The number of hydrogen-bond donors (Lipinski definition) is 2. The van der Waals surface area contributed by atoms with Crippen molar-refractivity contribution in [3.05, 3.63) is 72.8 Å². The maximum Gasteiger partial charge on any atom is 0.310 e. The molecule has 9 nitrogen and oxygen atoms in total. The van der Waals surface area contributed by atoms with Crippen LogP contribution in [0.2, 0.25) is 0 Å². The number of amides is 2. The van der Waals surface area contributed by atoms with E-state index in [9.17, 15) is 24.6 Å². The fraction of sp³-hybridized carbons (Fsp3) is 0.433. The Morgan fingerprint density at radius 3 is 2.49 bits per heavy atom. The number of likely N-dealkylation sites (tertiary alicyclic amines) is 1. The van der Waals surface area contributed by atoms with Crippen molar-refractivity contribution in [3.63, 3.8) is 0 Å². The first kappa shape index (κ1) is 26.9. The predicted octanol–water partition coefficient (Wildman–Crippen LogP) is 2.67. The smallest absolute Gasteiger partial charge is 0.310 e. The summed E-state index contributed by atoms with van der Waals surface area (Å²) in [7, 11) is 1.55. The number of hydrogen-bond acceptors (Lipinski definition) is 6. The second-order valence-corrected chi connectivity index (χ2v) is 10.8. The molecule has 6 atom stereocenters. The molecule has 39 heavy (non-hydrogen) atoms. The number of aliphatic hydroxyl groups excluding tert-OH is 1. The van der Waals surface area contributed by atoms with E-state index in [-0.39, 0.29) is 6.54 Å². The van der Waals surface area contributed by atoms with Gasteiger partial charge >= 0.3 is 5.97 Å². The van der Waals surface area contributed by atoms with Crippen LogP contribution in [-0.2, 0) is 25.5 Å². The van der Waals surface area contributed by atoms with Gasteiger partial charge in [-0.25, -0.2) is 0 Å². The Morgan fingerprint density at radius 1 is 1.21 bits per heavy atom. The van der Waals surface area contributed by atoms with Crippen LogP contribution in [0.5, 0.6) is 5.75 Å². The predicted molar refractivity (Wildman–Crippen MR) is 143 cm³/mol. The first-order valence-corrected chi connectivity index (χ1v) is 13.2. The number of aliphatic carboxylic acids is 1. The lowest BCUT2D eigenvalue weighted by Gasteiger charge is -2.39. The molecule has 2 N–H and O–H groups in total. The first-order valence-electron chi connectivity index (χ1n) is 13.2. The molecule has 0 aromatic heterocycles. The number of aliphatic hydroxyl groups is 1. The number of carboxylic acid groups (broad SMARTS) is 1. The van der Waals surface area contributed by atoms with Crippen molar-refractivity contribution in [1.29, 1.82) is 0 Å². The zero-order chi connectivity index (χ0) is 27.9. The summed E-state index contributed by atoms with van der Waals surface area (Å²) < 4.78 is 11.8. The number of ether oxygens (including phenoxy) is 2. The molecule has 2 aromatic carbocycles. The van der Waals surface area contributed by atoms with Crippen LogP contribution in [-0.4, -0.2) is 76.4 Å². The van der Waals surface area contributed by atoms with Gasteiger partial charge in [0.25, 0.3) is 5.91 Å². The van der Waals surface area contributed by atoms with E-state index in [1.165, 1.54) is 9.80 Å². The van der Waals surface area contributed by atoms with E-state index in [0.29, 0.717) is 30.7 Å².